The number of hydrogen-bond acceptors (Lipinski definition) is 8. The van der Waals surface area contributed by atoms with Crippen LogP contribution in [0.4, 0.5) is 5.69 Å². The molecule has 1 aliphatic heterocycles. The van der Waals surface area contributed by atoms with E-state index in [2.05, 4.69) is 0 Å². The Kier molecular flexibility index (Phi) is 6.18. The zero-order valence-electron chi connectivity index (χ0n) is 19.0. The third-order valence-electron chi connectivity index (χ3n) is 5.57. The van der Waals surface area contributed by atoms with Crippen LogP contribution in [0.2, 0.25) is 0 Å². The van der Waals surface area contributed by atoms with Crippen molar-refractivity contribution in [1.82, 2.24) is 0 Å². The molecule has 0 aliphatic carbocycles. The largest absolute Gasteiger partial charge is 0.506 e. The quantitative estimate of drug-likeness (QED) is 0.318. The first kappa shape index (κ1) is 22.8. The van der Waals surface area contributed by atoms with E-state index in [1.165, 1.54) is 39.6 Å². The highest BCUT2D eigenvalue weighted by Gasteiger charge is 2.49. The van der Waals surface area contributed by atoms with E-state index in [4.69, 9.17) is 23.4 Å². The van der Waals surface area contributed by atoms with Gasteiger partial charge in [0.15, 0.2) is 11.5 Å². The number of aliphatic hydroxyl groups excluding tert-OH is 1. The molecule has 0 spiro atoms. The Hall–Kier alpha value is -4.40. The van der Waals surface area contributed by atoms with Crippen LogP contribution >= 0.6 is 0 Å². The number of furan rings is 1. The van der Waals surface area contributed by atoms with Crippen molar-refractivity contribution >= 4 is 23.1 Å². The second kappa shape index (κ2) is 9.22. The highest BCUT2D eigenvalue weighted by atomic mass is 16.5. The van der Waals surface area contributed by atoms with Gasteiger partial charge in [-0.15, -0.1) is 0 Å². The predicted octanol–water partition coefficient (Wildman–Crippen LogP) is 3.94. The van der Waals surface area contributed by atoms with E-state index >= 15 is 0 Å². The topological polar surface area (TPSA) is 108 Å². The van der Waals surface area contributed by atoms with Gasteiger partial charge in [-0.2, -0.15) is 0 Å². The van der Waals surface area contributed by atoms with Gasteiger partial charge in [0.1, 0.15) is 34.6 Å². The van der Waals surface area contributed by atoms with Gasteiger partial charge in [0.05, 0.1) is 40.3 Å². The Bertz CT molecular complexity index is 1240. The van der Waals surface area contributed by atoms with Crippen molar-refractivity contribution in [2.75, 3.05) is 33.3 Å². The molecule has 0 saturated carbocycles. The number of nitrogens with zero attached hydrogens (tertiary/aromatic N) is 1. The number of carbonyl (C=O) groups excluding carboxylic acids is 2. The van der Waals surface area contributed by atoms with E-state index in [1.807, 2.05) is 0 Å². The van der Waals surface area contributed by atoms with Crippen molar-refractivity contribution < 1.29 is 38.1 Å². The van der Waals surface area contributed by atoms with Crippen molar-refractivity contribution in [3.05, 3.63) is 71.7 Å². The first-order valence-corrected chi connectivity index (χ1v) is 10.2. The monoisotopic (exact) mass is 465 g/mol. The van der Waals surface area contributed by atoms with Crippen molar-refractivity contribution in [3.8, 4) is 23.0 Å². The van der Waals surface area contributed by atoms with E-state index in [0.29, 0.717) is 17.2 Å². The van der Waals surface area contributed by atoms with Gasteiger partial charge in [-0.05, 0) is 36.4 Å². The van der Waals surface area contributed by atoms with E-state index in [0.717, 1.165) is 0 Å². The normalized spacial score (nSPS) is 17.1. The number of anilines is 1. The van der Waals surface area contributed by atoms with E-state index < -0.39 is 23.5 Å². The molecule has 1 N–H and O–H groups in total. The fourth-order valence-corrected chi connectivity index (χ4v) is 4.01. The Labute approximate surface area is 195 Å². The second-order valence-corrected chi connectivity index (χ2v) is 7.26. The average molecular weight is 465 g/mol. The number of Topliss-reactive ketones (excluding diaryl/α,β-unsaturated/α-hetero) is 1. The summed E-state index contributed by atoms with van der Waals surface area (Å²) in [6, 6.07) is 11.9. The number of hydrogen-bond donors (Lipinski definition) is 1. The predicted molar refractivity (Wildman–Crippen MR) is 123 cm³/mol. The molecule has 1 atom stereocenters. The van der Waals surface area contributed by atoms with Gasteiger partial charge in [0.2, 0.25) is 0 Å². The van der Waals surface area contributed by atoms with Gasteiger partial charge in [0, 0.05) is 11.8 Å². The Morgan fingerprint density at radius 2 is 1.50 bits per heavy atom. The van der Waals surface area contributed by atoms with Gasteiger partial charge in [-0.3, -0.25) is 14.5 Å². The summed E-state index contributed by atoms with van der Waals surface area (Å²) in [6.45, 7) is 0. The maximum absolute atomic E-state index is 13.3. The maximum Gasteiger partial charge on any atom is 0.300 e. The van der Waals surface area contributed by atoms with Gasteiger partial charge in [0.25, 0.3) is 11.7 Å². The van der Waals surface area contributed by atoms with Crippen LogP contribution in [0.25, 0.3) is 5.76 Å². The van der Waals surface area contributed by atoms with Crippen molar-refractivity contribution in [2.24, 2.45) is 0 Å². The molecule has 1 aromatic heterocycles. The zero-order chi connectivity index (χ0) is 24.4. The summed E-state index contributed by atoms with van der Waals surface area (Å²) in [7, 11) is 5.82. The summed E-state index contributed by atoms with van der Waals surface area (Å²) >= 11 is 0. The molecular weight excluding hydrogens is 442 g/mol. The summed E-state index contributed by atoms with van der Waals surface area (Å²) in [4.78, 5) is 27.8. The van der Waals surface area contributed by atoms with Crippen LogP contribution < -0.4 is 23.8 Å². The first-order valence-electron chi connectivity index (χ1n) is 10.2. The zero-order valence-corrected chi connectivity index (χ0v) is 19.0. The highest BCUT2D eigenvalue weighted by molar-refractivity contribution is 6.51. The third-order valence-corrected chi connectivity index (χ3v) is 5.57. The van der Waals surface area contributed by atoms with E-state index in [1.54, 1.807) is 48.5 Å². The molecule has 1 aliphatic rings. The molecule has 4 rings (SSSR count). The minimum Gasteiger partial charge on any atom is -0.506 e. The molecule has 34 heavy (non-hydrogen) atoms. The smallest absolute Gasteiger partial charge is 0.300 e. The fraction of sp³-hybridized carbons (Fsp3) is 0.200. The number of ketones is 1. The molecule has 2 aromatic carbocycles. The molecule has 2 heterocycles. The van der Waals surface area contributed by atoms with Gasteiger partial charge in [-0.1, -0.05) is 6.07 Å². The molecule has 3 aromatic rings. The van der Waals surface area contributed by atoms with Gasteiger partial charge in [-0.25, -0.2) is 0 Å². The number of ether oxygens (including phenoxy) is 4. The molecule has 1 unspecified atom stereocenters. The molecular formula is C25H23NO8. The molecule has 1 saturated heterocycles. The van der Waals surface area contributed by atoms with Crippen LogP contribution in [0, 0.1) is 0 Å². The van der Waals surface area contributed by atoms with Gasteiger partial charge >= 0.3 is 0 Å². The summed E-state index contributed by atoms with van der Waals surface area (Å²) in [5.41, 5.74) is 0.332. The van der Waals surface area contributed by atoms with E-state index in [-0.39, 0.29) is 28.4 Å². The first-order chi connectivity index (χ1) is 16.5. The number of methoxy groups -OCH3 is 4. The SMILES string of the molecule is COc1ccc(N2C(=O)C(=O)/C(=C(/O)c3c(OC)cccc3OC)C2c2ccco2)cc1OC. The molecule has 0 bridgehead atoms. The summed E-state index contributed by atoms with van der Waals surface area (Å²) < 4.78 is 27.0. The fourth-order valence-electron chi connectivity index (χ4n) is 4.01. The molecule has 9 heteroatoms. The van der Waals surface area contributed by atoms with E-state index in [9.17, 15) is 14.7 Å². The number of aliphatic hydroxyl groups is 1. The molecule has 176 valence electrons. The highest BCUT2D eigenvalue weighted by Crippen LogP contribution is 2.46. The van der Waals surface area contributed by atoms with Crippen LogP contribution in [-0.2, 0) is 9.59 Å². The number of rotatable bonds is 7. The second-order valence-electron chi connectivity index (χ2n) is 7.26. The van der Waals surface area contributed by atoms with Crippen molar-refractivity contribution in [3.63, 3.8) is 0 Å². The number of amides is 1. The van der Waals surface area contributed by atoms with Crippen LogP contribution in [0.1, 0.15) is 17.4 Å². The lowest BCUT2D eigenvalue weighted by Crippen LogP contribution is -2.29. The lowest BCUT2D eigenvalue weighted by atomic mass is 9.98. The standard InChI is InChI=1S/C25H23NO8/c1-30-15-11-10-14(13-19(15)33-4)26-22(18-9-6-12-34-18)21(24(28)25(26)29)23(27)20-16(31-2)7-5-8-17(20)32-3/h5-13,22,27H,1-4H3/b23-21+. The van der Waals surface area contributed by atoms with Crippen LogP contribution in [-0.4, -0.2) is 45.2 Å². The maximum atomic E-state index is 13.3. The summed E-state index contributed by atoms with van der Waals surface area (Å²) in [5.74, 6) is -0.533. The third kappa shape index (κ3) is 3.61. The summed E-state index contributed by atoms with van der Waals surface area (Å²) in [5, 5.41) is 11.4. The molecule has 9 nitrogen and oxygen atoms in total. The number of carbonyl (C=O) groups is 2. The van der Waals surface area contributed by atoms with Crippen molar-refractivity contribution in [2.45, 2.75) is 6.04 Å². The molecule has 1 fully saturated rings. The van der Waals surface area contributed by atoms with Crippen LogP contribution in [0.3, 0.4) is 0 Å². The Morgan fingerprint density at radius 1 is 0.853 bits per heavy atom. The lowest BCUT2D eigenvalue weighted by Gasteiger charge is -2.24. The Balaban J connectivity index is 1.97. The van der Waals surface area contributed by atoms with Crippen LogP contribution in [0.5, 0.6) is 23.0 Å². The minimum absolute atomic E-state index is 0.148. The van der Waals surface area contributed by atoms with Gasteiger partial charge < -0.3 is 28.5 Å². The minimum atomic E-state index is -1.05. The van der Waals surface area contributed by atoms with Crippen LogP contribution in [0.15, 0.2) is 64.8 Å². The lowest BCUT2D eigenvalue weighted by molar-refractivity contribution is -0.132. The summed E-state index contributed by atoms with van der Waals surface area (Å²) in [6.07, 6.45) is 1.42. The molecule has 1 amide bonds. The molecule has 0 radical (unpaired) electrons. The Morgan fingerprint density at radius 3 is 2.06 bits per heavy atom. The number of benzene rings is 2. The average Bonchev–Trinajstić information content (AvgIpc) is 3.49. The van der Waals surface area contributed by atoms with Crippen molar-refractivity contribution in [1.29, 1.82) is 0 Å².